The summed E-state index contributed by atoms with van der Waals surface area (Å²) in [5, 5.41) is 13.3. The van der Waals surface area contributed by atoms with E-state index in [1.54, 1.807) is 0 Å². The molecule has 0 aromatic carbocycles. The maximum Gasteiger partial charge on any atom is 0.139 e. The standard InChI is InChI=1S/C30H35N9/c1-19(15-30(2,3)4)34-21-12-20(16-31-17-21)24-13-22-26(18-33-24)36-37-28(22)25-14-23-27(6-7-32-29(23)35-25)39-10-8-38(5)9-11-39/h6-7,12-14,16-18,34H,1,8-11,15H2,2-5H3,(H,32,35)(H,36,37). The summed E-state index contributed by atoms with van der Waals surface area (Å²) in [5.41, 5.74) is 8.49. The predicted molar refractivity (Wildman–Crippen MR) is 159 cm³/mol. The van der Waals surface area contributed by atoms with E-state index >= 15 is 0 Å². The van der Waals surface area contributed by atoms with Crippen LogP contribution in [0, 0.1) is 5.41 Å². The topological polar surface area (TPSA) is 102 Å². The molecule has 6 rings (SSSR count). The lowest BCUT2D eigenvalue weighted by atomic mass is 9.91. The summed E-state index contributed by atoms with van der Waals surface area (Å²) in [7, 11) is 2.17. The summed E-state index contributed by atoms with van der Waals surface area (Å²) in [6, 6.07) is 8.40. The number of anilines is 2. The molecule has 3 N–H and O–H groups in total. The Balaban J connectivity index is 1.32. The Morgan fingerprint density at radius 3 is 2.64 bits per heavy atom. The maximum absolute atomic E-state index is 4.69. The monoisotopic (exact) mass is 521 g/mol. The summed E-state index contributed by atoms with van der Waals surface area (Å²) < 4.78 is 0. The van der Waals surface area contributed by atoms with Crippen LogP contribution in [-0.4, -0.2) is 68.3 Å². The van der Waals surface area contributed by atoms with Gasteiger partial charge in [-0.15, -0.1) is 0 Å². The van der Waals surface area contributed by atoms with Crippen LogP contribution in [0.1, 0.15) is 27.2 Å². The third-order valence-corrected chi connectivity index (χ3v) is 7.15. The molecule has 200 valence electrons. The number of hydrogen-bond donors (Lipinski definition) is 3. The minimum absolute atomic E-state index is 0.156. The molecule has 1 saturated heterocycles. The molecular weight excluding hydrogens is 486 g/mol. The number of fused-ring (bicyclic) bond motifs is 2. The summed E-state index contributed by atoms with van der Waals surface area (Å²) >= 11 is 0. The summed E-state index contributed by atoms with van der Waals surface area (Å²) in [4.78, 5) is 22.1. The lowest BCUT2D eigenvalue weighted by Gasteiger charge is -2.34. The van der Waals surface area contributed by atoms with Crippen LogP contribution in [0.25, 0.3) is 44.6 Å². The zero-order valence-corrected chi connectivity index (χ0v) is 23.0. The van der Waals surface area contributed by atoms with Gasteiger partial charge in [-0.25, -0.2) is 4.98 Å². The number of nitrogens with zero attached hydrogens (tertiary/aromatic N) is 6. The second kappa shape index (κ2) is 9.81. The Labute approximate surface area is 228 Å². The SMILES string of the molecule is C=C(CC(C)(C)C)Nc1cncc(-c2cc3c(-c4cc5c(N6CCN(C)CC6)ccnc5[nH]4)n[nH]c3cn2)c1. The first-order valence-corrected chi connectivity index (χ1v) is 13.4. The van der Waals surface area contributed by atoms with Crippen molar-refractivity contribution in [1.82, 2.24) is 35.0 Å². The molecule has 0 atom stereocenters. The van der Waals surface area contributed by atoms with Gasteiger partial charge in [-0.3, -0.25) is 15.1 Å². The van der Waals surface area contributed by atoms with Crippen molar-refractivity contribution in [2.45, 2.75) is 27.2 Å². The average Bonchev–Trinajstić information content (AvgIpc) is 3.52. The van der Waals surface area contributed by atoms with Crippen molar-refractivity contribution in [1.29, 1.82) is 0 Å². The molecule has 6 heterocycles. The van der Waals surface area contributed by atoms with Crippen LogP contribution in [0.2, 0.25) is 0 Å². The van der Waals surface area contributed by atoms with Crippen LogP contribution in [0.15, 0.2) is 61.3 Å². The summed E-state index contributed by atoms with van der Waals surface area (Å²) in [6.45, 7) is 14.9. The van der Waals surface area contributed by atoms with Crippen molar-refractivity contribution in [3.63, 3.8) is 0 Å². The van der Waals surface area contributed by atoms with E-state index < -0.39 is 0 Å². The van der Waals surface area contributed by atoms with Crippen molar-refractivity contribution in [3.8, 4) is 22.6 Å². The Bertz CT molecular complexity index is 1650. The second-order valence-electron chi connectivity index (χ2n) is 11.7. The number of piperazine rings is 1. The fraction of sp³-hybridized carbons (Fsp3) is 0.333. The normalized spacial score (nSPS) is 14.8. The third-order valence-electron chi connectivity index (χ3n) is 7.15. The van der Waals surface area contributed by atoms with E-state index in [0.29, 0.717) is 0 Å². The lowest BCUT2D eigenvalue weighted by Crippen LogP contribution is -2.44. The van der Waals surface area contributed by atoms with Gasteiger partial charge in [0.05, 0.1) is 35.0 Å². The molecule has 0 aliphatic carbocycles. The Kier molecular flexibility index (Phi) is 6.31. The van der Waals surface area contributed by atoms with Crippen LogP contribution < -0.4 is 10.2 Å². The number of rotatable bonds is 6. The largest absolute Gasteiger partial charge is 0.368 e. The van der Waals surface area contributed by atoms with E-state index in [0.717, 1.165) is 88.6 Å². The molecule has 9 nitrogen and oxygen atoms in total. The molecule has 0 saturated carbocycles. The van der Waals surface area contributed by atoms with Crippen LogP contribution in [0.5, 0.6) is 0 Å². The highest BCUT2D eigenvalue weighted by atomic mass is 15.2. The number of nitrogens with one attached hydrogen (secondary N) is 3. The van der Waals surface area contributed by atoms with Gasteiger partial charge in [0, 0.05) is 66.3 Å². The first kappa shape index (κ1) is 25.1. The number of aromatic nitrogens is 6. The van der Waals surface area contributed by atoms with E-state index in [-0.39, 0.29) is 5.41 Å². The number of aromatic amines is 2. The molecule has 0 unspecified atom stereocenters. The first-order valence-electron chi connectivity index (χ1n) is 13.4. The van der Waals surface area contributed by atoms with E-state index in [1.807, 2.05) is 24.8 Å². The number of H-pyrrole nitrogens is 2. The second-order valence-corrected chi connectivity index (χ2v) is 11.7. The van der Waals surface area contributed by atoms with E-state index in [4.69, 9.17) is 4.98 Å². The van der Waals surface area contributed by atoms with Gasteiger partial charge in [-0.1, -0.05) is 27.4 Å². The van der Waals surface area contributed by atoms with Gasteiger partial charge < -0.3 is 20.1 Å². The number of pyridine rings is 3. The van der Waals surface area contributed by atoms with Gasteiger partial charge in [0.25, 0.3) is 0 Å². The Hall–Kier alpha value is -4.24. The third kappa shape index (κ3) is 5.22. The van der Waals surface area contributed by atoms with Crippen molar-refractivity contribution in [2.75, 3.05) is 43.4 Å². The molecule has 0 spiro atoms. The highest BCUT2D eigenvalue weighted by molar-refractivity contribution is 5.99. The van der Waals surface area contributed by atoms with Gasteiger partial charge in [0.2, 0.25) is 0 Å². The van der Waals surface area contributed by atoms with Gasteiger partial charge in [-0.05, 0) is 43.1 Å². The predicted octanol–water partition coefficient (Wildman–Crippen LogP) is 5.68. The van der Waals surface area contributed by atoms with E-state index in [2.05, 4.69) is 98.9 Å². The highest BCUT2D eigenvalue weighted by Crippen LogP contribution is 2.34. The fourth-order valence-corrected chi connectivity index (χ4v) is 5.28. The smallest absolute Gasteiger partial charge is 0.139 e. The molecule has 9 heteroatoms. The Morgan fingerprint density at radius 1 is 1.03 bits per heavy atom. The summed E-state index contributed by atoms with van der Waals surface area (Å²) in [5.74, 6) is 0. The molecule has 1 aliphatic heterocycles. The zero-order chi connectivity index (χ0) is 27.1. The van der Waals surface area contributed by atoms with Gasteiger partial charge >= 0.3 is 0 Å². The van der Waals surface area contributed by atoms with Crippen molar-refractivity contribution < 1.29 is 0 Å². The number of likely N-dealkylation sites (N-methyl/N-ethyl adjacent to an activating group) is 1. The molecular formula is C30H35N9. The quantitative estimate of drug-likeness (QED) is 0.264. The minimum atomic E-state index is 0.156. The van der Waals surface area contributed by atoms with Crippen molar-refractivity contribution in [2.24, 2.45) is 5.41 Å². The van der Waals surface area contributed by atoms with Gasteiger partial charge in [0.15, 0.2) is 0 Å². The fourth-order valence-electron chi connectivity index (χ4n) is 5.28. The van der Waals surface area contributed by atoms with Crippen LogP contribution >= 0.6 is 0 Å². The molecule has 39 heavy (non-hydrogen) atoms. The molecule has 0 bridgehead atoms. The summed E-state index contributed by atoms with van der Waals surface area (Å²) in [6.07, 6.45) is 8.23. The number of hydrogen-bond acceptors (Lipinski definition) is 7. The van der Waals surface area contributed by atoms with Crippen LogP contribution in [0.4, 0.5) is 11.4 Å². The minimum Gasteiger partial charge on any atom is -0.368 e. The molecule has 5 aromatic heterocycles. The van der Waals surface area contributed by atoms with Crippen LogP contribution in [-0.2, 0) is 0 Å². The van der Waals surface area contributed by atoms with Gasteiger partial charge in [-0.2, -0.15) is 5.10 Å². The van der Waals surface area contributed by atoms with Crippen molar-refractivity contribution >= 4 is 33.3 Å². The molecule has 0 radical (unpaired) electrons. The van der Waals surface area contributed by atoms with Gasteiger partial charge in [0.1, 0.15) is 11.3 Å². The molecule has 5 aromatic rings. The zero-order valence-electron chi connectivity index (χ0n) is 23.0. The Morgan fingerprint density at radius 2 is 1.85 bits per heavy atom. The molecule has 1 aliphatic rings. The molecule has 1 fully saturated rings. The first-order chi connectivity index (χ1) is 18.7. The van der Waals surface area contributed by atoms with E-state index in [9.17, 15) is 0 Å². The van der Waals surface area contributed by atoms with E-state index in [1.165, 1.54) is 5.69 Å². The lowest BCUT2D eigenvalue weighted by molar-refractivity contribution is 0.313. The maximum atomic E-state index is 4.69. The van der Waals surface area contributed by atoms with Crippen LogP contribution in [0.3, 0.4) is 0 Å². The average molecular weight is 522 g/mol. The van der Waals surface area contributed by atoms with Crippen molar-refractivity contribution in [3.05, 3.63) is 61.3 Å². The molecule has 0 amide bonds. The highest BCUT2D eigenvalue weighted by Gasteiger charge is 2.20. The number of allylic oxidation sites excluding steroid dienone is 1.